The van der Waals surface area contributed by atoms with Crippen LogP contribution in [0.4, 0.5) is 27.8 Å². The van der Waals surface area contributed by atoms with Crippen molar-refractivity contribution in [3.8, 4) is 0 Å². The van der Waals surface area contributed by atoms with Crippen LogP contribution in [0, 0.1) is 0 Å². The van der Waals surface area contributed by atoms with E-state index in [9.17, 15) is 9.50 Å². The molecule has 4 heterocycles. The molecular formula is C15H17FN8O. The van der Waals surface area contributed by atoms with Gasteiger partial charge in [-0.25, -0.2) is 14.4 Å². The summed E-state index contributed by atoms with van der Waals surface area (Å²) in [6, 6.07) is 3.47. The van der Waals surface area contributed by atoms with Crippen LogP contribution in [0.1, 0.15) is 6.42 Å². The lowest BCUT2D eigenvalue weighted by Gasteiger charge is -2.32. The summed E-state index contributed by atoms with van der Waals surface area (Å²) < 4.78 is 13.7. The number of alkyl halides is 1. The van der Waals surface area contributed by atoms with E-state index in [1.807, 2.05) is 0 Å². The molecule has 2 atom stereocenters. The number of piperidine rings is 1. The molecule has 0 unspecified atom stereocenters. The molecular weight excluding hydrogens is 327 g/mol. The van der Waals surface area contributed by atoms with Crippen molar-refractivity contribution in [1.82, 2.24) is 25.1 Å². The number of hydrogen-bond acceptors (Lipinski definition) is 8. The monoisotopic (exact) mass is 344 g/mol. The number of pyridine rings is 1. The van der Waals surface area contributed by atoms with Gasteiger partial charge in [0.2, 0.25) is 5.95 Å². The molecule has 0 saturated carbocycles. The maximum atomic E-state index is 13.7. The fourth-order valence-corrected chi connectivity index (χ4v) is 2.78. The topological polar surface area (TPSA) is 129 Å². The van der Waals surface area contributed by atoms with E-state index in [-0.39, 0.29) is 6.54 Å². The molecule has 0 radical (unpaired) electrons. The fraction of sp³-hybridized carbons (Fsp3) is 0.333. The molecule has 9 nitrogen and oxygen atoms in total. The predicted molar refractivity (Wildman–Crippen MR) is 91.3 cm³/mol. The molecule has 4 rings (SSSR count). The van der Waals surface area contributed by atoms with E-state index in [1.54, 1.807) is 29.4 Å². The van der Waals surface area contributed by atoms with E-state index in [0.717, 1.165) is 10.9 Å². The van der Waals surface area contributed by atoms with E-state index in [1.165, 1.54) is 0 Å². The number of nitrogens with one attached hydrogen (secondary N) is 2. The molecule has 0 aliphatic carbocycles. The van der Waals surface area contributed by atoms with Crippen molar-refractivity contribution in [3.05, 3.63) is 24.5 Å². The highest BCUT2D eigenvalue weighted by Crippen LogP contribution is 2.23. The van der Waals surface area contributed by atoms with Gasteiger partial charge in [-0.1, -0.05) is 0 Å². The number of halogens is 1. The second kappa shape index (κ2) is 6.13. The summed E-state index contributed by atoms with van der Waals surface area (Å²) in [6.07, 6.45) is 1.34. The Balaban J connectivity index is 1.54. The van der Waals surface area contributed by atoms with Crippen molar-refractivity contribution in [2.75, 3.05) is 29.0 Å². The molecule has 0 spiro atoms. The first-order valence-electron chi connectivity index (χ1n) is 7.87. The number of hydrogen-bond donors (Lipinski definition) is 4. The second-order valence-corrected chi connectivity index (χ2v) is 5.91. The number of aromatic nitrogens is 5. The van der Waals surface area contributed by atoms with Gasteiger partial charge in [0.25, 0.3) is 0 Å². The summed E-state index contributed by atoms with van der Waals surface area (Å²) >= 11 is 0. The first-order chi connectivity index (χ1) is 12.1. The van der Waals surface area contributed by atoms with Crippen LogP contribution in [0.5, 0.6) is 0 Å². The van der Waals surface area contributed by atoms with E-state index < -0.39 is 12.3 Å². The molecule has 3 aromatic heterocycles. The molecule has 0 aromatic carbocycles. The molecule has 0 bridgehead atoms. The largest absolute Gasteiger partial charge is 0.390 e. The Kier molecular flexibility index (Phi) is 3.80. The van der Waals surface area contributed by atoms with Crippen LogP contribution in [0.25, 0.3) is 10.9 Å². The van der Waals surface area contributed by atoms with Crippen molar-refractivity contribution in [1.29, 1.82) is 0 Å². The number of anilines is 4. The molecule has 1 fully saturated rings. The normalized spacial score (nSPS) is 20.8. The van der Waals surface area contributed by atoms with Gasteiger partial charge >= 0.3 is 0 Å². The summed E-state index contributed by atoms with van der Waals surface area (Å²) in [5.41, 5.74) is 6.48. The van der Waals surface area contributed by atoms with Crippen molar-refractivity contribution in [3.63, 3.8) is 0 Å². The van der Waals surface area contributed by atoms with Crippen molar-refractivity contribution in [2.24, 2.45) is 0 Å². The number of nitrogen functional groups attached to an aromatic ring is 1. The minimum Gasteiger partial charge on any atom is -0.390 e. The Hall–Kier alpha value is -3.01. The van der Waals surface area contributed by atoms with Crippen molar-refractivity contribution in [2.45, 2.75) is 18.7 Å². The smallest absolute Gasteiger partial charge is 0.227 e. The third-order valence-corrected chi connectivity index (χ3v) is 4.17. The second-order valence-electron chi connectivity index (χ2n) is 5.91. The zero-order chi connectivity index (χ0) is 17.4. The third kappa shape index (κ3) is 3.03. The van der Waals surface area contributed by atoms with E-state index in [4.69, 9.17) is 5.73 Å². The summed E-state index contributed by atoms with van der Waals surface area (Å²) in [6.45, 7) is 0.574. The molecule has 3 aromatic rings. The predicted octanol–water partition coefficient (Wildman–Crippen LogP) is 0.983. The van der Waals surface area contributed by atoms with Gasteiger partial charge in [0, 0.05) is 25.0 Å². The molecule has 25 heavy (non-hydrogen) atoms. The SMILES string of the molecule is Nc1n[nH]c2cc(Nc3ccnc(N4CC[C@@H](O)[C@@H](F)C4)n3)ncc12. The summed E-state index contributed by atoms with van der Waals surface area (Å²) in [5, 5.41) is 20.1. The summed E-state index contributed by atoms with van der Waals surface area (Å²) in [4.78, 5) is 14.6. The van der Waals surface area contributed by atoms with Crippen LogP contribution >= 0.6 is 0 Å². The van der Waals surface area contributed by atoms with Crippen LogP contribution in [0.2, 0.25) is 0 Å². The molecule has 10 heteroatoms. The molecule has 1 saturated heterocycles. The summed E-state index contributed by atoms with van der Waals surface area (Å²) in [5.74, 6) is 1.90. The Labute approximate surface area is 142 Å². The Bertz CT molecular complexity index is 900. The highest BCUT2D eigenvalue weighted by atomic mass is 19.1. The average Bonchev–Trinajstić information content (AvgIpc) is 2.98. The van der Waals surface area contributed by atoms with Gasteiger partial charge < -0.3 is 21.1 Å². The van der Waals surface area contributed by atoms with Crippen LogP contribution < -0.4 is 16.0 Å². The molecule has 1 aliphatic heterocycles. The van der Waals surface area contributed by atoms with Crippen LogP contribution in [-0.2, 0) is 0 Å². The number of nitrogens with two attached hydrogens (primary N) is 1. The van der Waals surface area contributed by atoms with Crippen molar-refractivity contribution >= 4 is 34.3 Å². The Morgan fingerprint density at radius 1 is 1.36 bits per heavy atom. The van der Waals surface area contributed by atoms with Gasteiger partial charge in [-0.15, -0.1) is 0 Å². The first kappa shape index (κ1) is 15.5. The lowest BCUT2D eigenvalue weighted by atomic mass is 10.1. The standard InChI is InChI=1S/C15H17FN8O/c16-9-7-24(4-2-11(9)25)15-18-3-1-12(21-15)20-13-5-10-8(6-19-13)14(17)23-22-10/h1,3,5-6,9,11,25H,2,4,7H2,(H3,17,22,23)(H,18,19,20,21)/t9-,11+/m0/s1. The molecule has 0 amide bonds. The molecule has 130 valence electrons. The van der Waals surface area contributed by atoms with E-state index >= 15 is 0 Å². The van der Waals surface area contributed by atoms with E-state index in [0.29, 0.717) is 36.4 Å². The lowest BCUT2D eigenvalue weighted by Crippen LogP contribution is -2.45. The Morgan fingerprint density at radius 2 is 2.24 bits per heavy atom. The fourth-order valence-electron chi connectivity index (χ4n) is 2.78. The molecule has 5 N–H and O–H groups in total. The highest BCUT2D eigenvalue weighted by Gasteiger charge is 2.28. The van der Waals surface area contributed by atoms with Gasteiger partial charge in [-0.05, 0) is 12.5 Å². The van der Waals surface area contributed by atoms with Gasteiger partial charge in [0.1, 0.15) is 17.8 Å². The van der Waals surface area contributed by atoms with E-state index in [2.05, 4.69) is 30.5 Å². The van der Waals surface area contributed by atoms with Crippen LogP contribution in [0.15, 0.2) is 24.5 Å². The average molecular weight is 344 g/mol. The number of nitrogens with zero attached hydrogens (tertiary/aromatic N) is 5. The lowest BCUT2D eigenvalue weighted by molar-refractivity contribution is 0.0612. The third-order valence-electron chi connectivity index (χ3n) is 4.17. The zero-order valence-corrected chi connectivity index (χ0v) is 13.2. The first-order valence-corrected chi connectivity index (χ1v) is 7.87. The quantitative estimate of drug-likeness (QED) is 0.553. The number of aromatic amines is 1. The van der Waals surface area contributed by atoms with Gasteiger partial charge in [0.05, 0.1) is 23.6 Å². The van der Waals surface area contributed by atoms with Crippen LogP contribution in [0.3, 0.4) is 0 Å². The minimum atomic E-state index is -1.30. The number of fused-ring (bicyclic) bond motifs is 1. The van der Waals surface area contributed by atoms with Crippen molar-refractivity contribution < 1.29 is 9.50 Å². The number of H-pyrrole nitrogens is 1. The summed E-state index contributed by atoms with van der Waals surface area (Å²) in [7, 11) is 0. The van der Waals surface area contributed by atoms with Crippen LogP contribution in [-0.4, -0.2) is 55.6 Å². The maximum absolute atomic E-state index is 13.7. The number of aliphatic hydroxyl groups excluding tert-OH is 1. The van der Waals surface area contributed by atoms with Gasteiger partial charge in [-0.2, -0.15) is 10.1 Å². The van der Waals surface area contributed by atoms with Gasteiger partial charge in [-0.3, -0.25) is 5.10 Å². The van der Waals surface area contributed by atoms with Gasteiger partial charge in [0.15, 0.2) is 5.82 Å². The highest BCUT2D eigenvalue weighted by molar-refractivity contribution is 5.89. The molecule has 1 aliphatic rings. The number of aliphatic hydroxyl groups is 1. The Morgan fingerprint density at radius 3 is 3.08 bits per heavy atom. The zero-order valence-electron chi connectivity index (χ0n) is 13.2. The number of rotatable bonds is 3. The maximum Gasteiger partial charge on any atom is 0.227 e. The minimum absolute atomic E-state index is 0.0717.